The number of benzene rings is 1. The van der Waals surface area contributed by atoms with Gasteiger partial charge >= 0.3 is 0 Å². The van der Waals surface area contributed by atoms with E-state index in [2.05, 4.69) is 44.0 Å². The minimum absolute atomic E-state index is 0.476. The Balaban J connectivity index is 2.17. The summed E-state index contributed by atoms with van der Waals surface area (Å²) in [5.41, 5.74) is 1.33. The number of unbranched alkanes of at least 4 members (excludes halogenated alkanes) is 3. The average Bonchev–Trinajstić information content (AvgIpc) is 2.33. The van der Waals surface area contributed by atoms with Crippen LogP contribution >= 0.6 is 31.9 Å². The Labute approximate surface area is 121 Å². The second-order valence-electron chi connectivity index (χ2n) is 4.16. The van der Waals surface area contributed by atoms with E-state index in [4.69, 9.17) is 4.74 Å². The second-order valence-corrected chi connectivity index (χ2v) is 7.60. The van der Waals surface area contributed by atoms with Crippen LogP contribution in [0.4, 0.5) is 0 Å². The number of hydrogen-bond donors (Lipinski definition) is 0. The zero-order chi connectivity index (χ0) is 12.5. The van der Waals surface area contributed by atoms with Gasteiger partial charge in [0.05, 0.1) is 10.8 Å². The van der Waals surface area contributed by atoms with Gasteiger partial charge in [0.15, 0.2) is 0 Å². The smallest absolute Gasteiger partial charge is 0.122 e. The lowest BCUT2D eigenvalue weighted by Crippen LogP contribution is -1.92. The van der Waals surface area contributed by atoms with Crippen LogP contribution < -0.4 is 4.74 Å². The molecule has 3 heteroatoms. The summed E-state index contributed by atoms with van der Waals surface area (Å²) in [6.07, 6.45) is 7.46. The number of para-hydroxylation sites is 1. The Morgan fingerprint density at radius 2 is 1.76 bits per heavy atom. The fraction of sp³-hybridized carbons (Fsp3) is 0.571. The van der Waals surface area contributed by atoms with E-state index in [0.29, 0.717) is 3.74 Å². The highest BCUT2D eigenvalue weighted by molar-refractivity contribution is 9.24. The average molecular weight is 364 g/mol. The minimum atomic E-state index is 0.476. The summed E-state index contributed by atoms with van der Waals surface area (Å²) >= 11 is 7.00. The summed E-state index contributed by atoms with van der Waals surface area (Å²) in [5, 5.41) is 0. The Kier molecular flexibility index (Phi) is 7.95. The number of aryl methyl sites for hydroxylation is 1. The van der Waals surface area contributed by atoms with Crippen molar-refractivity contribution in [1.82, 2.24) is 0 Å². The molecule has 0 saturated heterocycles. The molecular formula is C14H20Br2O. The Bertz CT molecular complexity index is 313. The number of methoxy groups -OCH3 is 1. The van der Waals surface area contributed by atoms with E-state index in [1.54, 1.807) is 7.11 Å². The molecule has 1 nitrogen and oxygen atoms in total. The first-order valence-electron chi connectivity index (χ1n) is 6.14. The molecule has 1 rings (SSSR count). The highest BCUT2D eigenvalue weighted by atomic mass is 79.9. The molecule has 0 radical (unpaired) electrons. The van der Waals surface area contributed by atoms with E-state index in [1.807, 2.05) is 12.1 Å². The molecule has 17 heavy (non-hydrogen) atoms. The van der Waals surface area contributed by atoms with Gasteiger partial charge in [0, 0.05) is 0 Å². The van der Waals surface area contributed by atoms with Crippen LogP contribution in [0.3, 0.4) is 0 Å². The third kappa shape index (κ3) is 6.46. The maximum Gasteiger partial charge on any atom is 0.122 e. The maximum absolute atomic E-state index is 5.34. The summed E-state index contributed by atoms with van der Waals surface area (Å²) in [6, 6.07) is 8.30. The third-order valence-corrected chi connectivity index (χ3v) is 3.73. The summed E-state index contributed by atoms with van der Waals surface area (Å²) in [7, 11) is 1.74. The number of hydrogen-bond acceptors (Lipinski definition) is 1. The molecule has 0 heterocycles. The summed E-state index contributed by atoms with van der Waals surface area (Å²) in [4.78, 5) is 0. The van der Waals surface area contributed by atoms with Gasteiger partial charge in [-0.3, -0.25) is 0 Å². The minimum Gasteiger partial charge on any atom is -0.496 e. The SMILES string of the molecule is COc1ccccc1CCCCCCC(Br)Br. The zero-order valence-electron chi connectivity index (χ0n) is 10.3. The Morgan fingerprint density at radius 3 is 2.47 bits per heavy atom. The number of rotatable bonds is 8. The van der Waals surface area contributed by atoms with Crippen molar-refractivity contribution in [2.24, 2.45) is 0 Å². The van der Waals surface area contributed by atoms with Gasteiger partial charge in [-0.1, -0.05) is 69.3 Å². The molecule has 0 saturated carbocycles. The van der Waals surface area contributed by atoms with Gasteiger partial charge in [-0.2, -0.15) is 0 Å². The Morgan fingerprint density at radius 1 is 1.06 bits per heavy atom. The summed E-state index contributed by atoms with van der Waals surface area (Å²) in [6.45, 7) is 0. The second kappa shape index (κ2) is 8.98. The van der Waals surface area contributed by atoms with Crippen LogP contribution in [0.15, 0.2) is 24.3 Å². The van der Waals surface area contributed by atoms with Gasteiger partial charge in [0.2, 0.25) is 0 Å². The van der Waals surface area contributed by atoms with E-state index < -0.39 is 0 Å². The van der Waals surface area contributed by atoms with Crippen LogP contribution in [0.25, 0.3) is 0 Å². The third-order valence-electron chi connectivity index (χ3n) is 2.81. The first kappa shape index (κ1) is 15.0. The molecule has 0 aromatic heterocycles. The highest BCUT2D eigenvalue weighted by Gasteiger charge is 2.01. The lowest BCUT2D eigenvalue weighted by molar-refractivity contribution is 0.408. The van der Waals surface area contributed by atoms with E-state index >= 15 is 0 Å². The predicted octanol–water partition coefficient (Wildman–Crippen LogP) is 5.30. The number of halogens is 2. The normalized spacial score (nSPS) is 10.8. The molecule has 0 N–H and O–H groups in total. The van der Waals surface area contributed by atoms with Crippen LogP contribution in [0, 0.1) is 0 Å². The largest absolute Gasteiger partial charge is 0.496 e. The molecule has 0 fully saturated rings. The molecular weight excluding hydrogens is 344 g/mol. The van der Waals surface area contributed by atoms with Gasteiger partial charge in [-0.25, -0.2) is 0 Å². The molecule has 0 atom stereocenters. The molecule has 0 amide bonds. The lowest BCUT2D eigenvalue weighted by atomic mass is 10.0. The lowest BCUT2D eigenvalue weighted by Gasteiger charge is -2.07. The number of alkyl halides is 2. The predicted molar refractivity (Wildman–Crippen MR) is 81.4 cm³/mol. The first-order chi connectivity index (χ1) is 8.24. The van der Waals surface area contributed by atoms with E-state index in [0.717, 1.165) is 12.2 Å². The molecule has 1 aromatic carbocycles. The molecule has 0 bridgehead atoms. The van der Waals surface area contributed by atoms with Crippen LogP contribution in [0.5, 0.6) is 5.75 Å². The van der Waals surface area contributed by atoms with Gasteiger partial charge < -0.3 is 4.74 Å². The molecule has 1 aromatic rings. The zero-order valence-corrected chi connectivity index (χ0v) is 13.5. The van der Waals surface area contributed by atoms with Crippen molar-refractivity contribution >= 4 is 31.9 Å². The van der Waals surface area contributed by atoms with Crippen LogP contribution in [0.2, 0.25) is 0 Å². The van der Waals surface area contributed by atoms with Crippen molar-refractivity contribution in [3.05, 3.63) is 29.8 Å². The molecule has 0 unspecified atom stereocenters. The van der Waals surface area contributed by atoms with Crippen molar-refractivity contribution in [3.8, 4) is 5.75 Å². The van der Waals surface area contributed by atoms with Gasteiger partial charge in [0.1, 0.15) is 5.75 Å². The molecule has 0 aliphatic rings. The Hall–Kier alpha value is -0.0200. The van der Waals surface area contributed by atoms with Crippen LogP contribution in [-0.2, 0) is 6.42 Å². The van der Waals surface area contributed by atoms with Gasteiger partial charge in [-0.05, 0) is 30.9 Å². The molecule has 0 aliphatic carbocycles. The van der Waals surface area contributed by atoms with Crippen molar-refractivity contribution in [2.75, 3.05) is 7.11 Å². The van der Waals surface area contributed by atoms with E-state index in [1.165, 1.54) is 37.7 Å². The highest BCUT2D eigenvalue weighted by Crippen LogP contribution is 2.21. The van der Waals surface area contributed by atoms with Crippen LogP contribution in [-0.4, -0.2) is 10.8 Å². The first-order valence-corrected chi connectivity index (χ1v) is 7.97. The molecule has 0 aliphatic heterocycles. The van der Waals surface area contributed by atoms with E-state index in [9.17, 15) is 0 Å². The fourth-order valence-electron chi connectivity index (χ4n) is 1.88. The van der Waals surface area contributed by atoms with Gasteiger partial charge in [-0.15, -0.1) is 0 Å². The summed E-state index contributed by atoms with van der Waals surface area (Å²) < 4.78 is 5.82. The monoisotopic (exact) mass is 362 g/mol. The summed E-state index contributed by atoms with van der Waals surface area (Å²) in [5.74, 6) is 1.02. The van der Waals surface area contributed by atoms with Crippen molar-refractivity contribution in [2.45, 2.75) is 42.3 Å². The van der Waals surface area contributed by atoms with E-state index in [-0.39, 0.29) is 0 Å². The topological polar surface area (TPSA) is 9.23 Å². The van der Waals surface area contributed by atoms with Crippen molar-refractivity contribution in [1.29, 1.82) is 0 Å². The molecule has 96 valence electrons. The van der Waals surface area contributed by atoms with Crippen molar-refractivity contribution < 1.29 is 4.74 Å². The van der Waals surface area contributed by atoms with Crippen molar-refractivity contribution in [3.63, 3.8) is 0 Å². The fourth-order valence-corrected chi connectivity index (χ4v) is 2.52. The quantitative estimate of drug-likeness (QED) is 0.449. The van der Waals surface area contributed by atoms with Gasteiger partial charge in [0.25, 0.3) is 0 Å². The molecule has 0 spiro atoms. The standard InChI is InChI=1S/C14H20Br2O/c1-17-13-10-7-6-9-12(13)8-4-2-3-5-11-14(15)16/h6-7,9-10,14H,2-5,8,11H2,1H3. The maximum atomic E-state index is 5.34. The van der Waals surface area contributed by atoms with Crippen LogP contribution in [0.1, 0.15) is 37.7 Å². The number of ether oxygens (including phenoxy) is 1.